The molecule has 1 aromatic rings. The molecule has 102 valence electrons. The average molecular weight is 271 g/mol. The van der Waals surface area contributed by atoms with Gasteiger partial charge in [0.25, 0.3) is 0 Å². The Hall–Kier alpha value is -1.24. The molecular weight excluding hydrogens is 250 g/mol. The molecule has 0 saturated carbocycles. The summed E-state index contributed by atoms with van der Waals surface area (Å²) in [7, 11) is 1.55. The number of ether oxygens (including phenoxy) is 1. The van der Waals surface area contributed by atoms with E-state index in [9.17, 15) is 0 Å². The van der Waals surface area contributed by atoms with Crippen molar-refractivity contribution in [2.45, 2.75) is 26.3 Å². The van der Waals surface area contributed by atoms with Crippen molar-refractivity contribution < 1.29 is 4.74 Å². The van der Waals surface area contributed by atoms with Crippen molar-refractivity contribution in [1.29, 1.82) is 0 Å². The molecule has 0 radical (unpaired) electrons. The van der Waals surface area contributed by atoms with E-state index in [0.29, 0.717) is 23.9 Å². The second kappa shape index (κ2) is 7.97. The monoisotopic (exact) mass is 271 g/mol. The number of nitrogens with one attached hydrogen (secondary N) is 2. The largest absolute Gasteiger partial charge is 0.467 e. The van der Waals surface area contributed by atoms with Crippen LogP contribution in [0.15, 0.2) is 0 Å². The Labute approximate surface area is 112 Å². The molecule has 1 atom stereocenters. The highest BCUT2D eigenvalue weighted by Gasteiger charge is 2.10. The van der Waals surface area contributed by atoms with Crippen molar-refractivity contribution in [3.63, 3.8) is 0 Å². The molecule has 2 N–H and O–H groups in total. The summed E-state index contributed by atoms with van der Waals surface area (Å²) < 4.78 is 5.07. The lowest BCUT2D eigenvalue weighted by atomic mass is 10.3. The smallest absolute Gasteiger partial charge is 0.322 e. The molecule has 7 heteroatoms. The number of thioether (sulfide) groups is 1. The number of hydrogen-bond donors (Lipinski definition) is 2. The maximum Gasteiger partial charge on any atom is 0.322 e. The van der Waals surface area contributed by atoms with Crippen LogP contribution < -0.4 is 15.4 Å². The number of anilines is 2. The maximum atomic E-state index is 5.07. The Balaban J connectivity index is 2.82. The molecule has 1 heterocycles. The van der Waals surface area contributed by atoms with Crippen molar-refractivity contribution in [2.75, 3.05) is 36.3 Å². The summed E-state index contributed by atoms with van der Waals surface area (Å²) >= 11 is 1.80. The lowest BCUT2D eigenvalue weighted by Crippen LogP contribution is -2.23. The molecule has 0 aromatic carbocycles. The summed E-state index contributed by atoms with van der Waals surface area (Å²) in [4.78, 5) is 12.6. The quantitative estimate of drug-likeness (QED) is 0.747. The SMILES string of the molecule is CCNc1nc(NC(CC)CSC)nc(OC)n1. The van der Waals surface area contributed by atoms with Crippen molar-refractivity contribution in [3.8, 4) is 6.01 Å². The molecule has 1 unspecified atom stereocenters. The van der Waals surface area contributed by atoms with Gasteiger partial charge in [0.2, 0.25) is 11.9 Å². The molecule has 0 aliphatic rings. The van der Waals surface area contributed by atoms with Crippen LogP contribution in [0.25, 0.3) is 0 Å². The van der Waals surface area contributed by atoms with Crippen molar-refractivity contribution >= 4 is 23.7 Å². The lowest BCUT2D eigenvalue weighted by molar-refractivity contribution is 0.379. The fraction of sp³-hybridized carbons (Fsp3) is 0.727. The van der Waals surface area contributed by atoms with Crippen LogP contribution in [0.2, 0.25) is 0 Å². The minimum atomic E-state index is 0.322. The first-order valence-electron chi connectivity index (χ1n) is 6.02. The van der Waals surface area contributed by atoms with E-state index < -0.39 is 0 Å². The van der Waals surface area contributed by atoms with Crippen molar-refractivity contribution in [1.82, 2.24) is 15.0 Å². The molecule has 0 bridgehead atoms. The Morgan fingerprint density at radius 2 is 1.94 bits per heavy atom. The standard InChI is InChI=1S/C11H21N5OS/c1-5-8(7-18-4)13-10-14-9(12-6-2)15-11(16-10)17-3/h8H,5-7H2,1-4H3,(H2,12,13,14,15,16). The number of rotatable bonds is 8. The fourth-order valence-electron chi connectivity index (χ4n) is 1.39. The third-order valence-electron chi connectivity index (χ3n) is 2.33. The van der Waals surface area contributed by atoms with E-state index in [-0.39, 0.29) is 0 Å². The summed E-state index contributed by atoms with van der Waals surface area (Å²) in [6.45, 7) is 4.89. The lowest BCUT2D eigenvalue weighted by Gasteiger charge is -2.16. The van der Waals surface area contributed by atoms with Crippen LogP contribution in [0, 0.1) is 0 Å². The molecule has 18 heavy (non-hydrogen) atoms. The van der Waals surface area contributed by atoms with E-state index in [2.05, 4.69) is 38.8 Å². The van der Waals surface area contributed by atoms with Gasteiger partial charge in [0.05, 0.1) is 7.11 Å². The molecule has 6 nitrogen and oxygen atoms in total. The molecule has 0 fully saturated rings. The third kappa shape index (κ3) is 4.56. The number of hydrogen-bond acceptors (Lipinski definition) is 7. The second-order valence-corrected chi connectivity index (χ2v) is 4.62. The van der Waals surface area contributed by atoms with Crippen LogP contribution in [-0.4, -0.2) is 46.7 Å². The van der Waals surface area contributed by atoms with Crippen LogP contribution in [0.3, 0.4) is 0 Å². The van der Waals surface area contributed by atoms with Crippen molar-refractivity contribution in [2.24, 2.45) is 0 Å². The predicted octanol–water partition coefficient (Wildman–Crippen LogP) is 1.87. The Bertz CT molecular complexity index is 363. The van der Waals surface area contributed by atoms with Crippen molar-refractivity contribution in [3.05, 3.63) is 0 Å². The summed E-state index contributed by atoms with van der Waals surface area (Å²) in [5.74, 6) is 2.10. The fourth-order valence-corrected chi connectivity index (χ4v) is 2.12. The Kier molecular flexibility index (Phi) is 6.56. The highest BCUT2D eigenvalue weighted by Crippen LogP contribution is 2.13. The van der Waals surface area contributed by atoms with Gasteiger partial charge in [-0.2, -0.15) is 26.7 Å². The van der Waals surface area contributed by atoms with Gasteiger partial charge in [0.15, 0.2) is 0 Å². The van der Waals surface area contributed by atoms with Gasteiger partial charge < -0.3 is 15.4 Å². The Morgan fingerprint density at radius 3 is 2.50 bits per heavy atom. The van der Waals surface area contributed by atoms with E-state index in [1.807, 2.05) is 6.92 Å². The summed E-state index contributed by atoms with van der Waals surface area (Å²) in [5, 5.41) is 6.36. The maximum absolute atomic E-state index is 5.07. The van der Waals surface area contributed by atoms with E-state index in [4.69, 9.17) is 4.74 Å². The van der Waals surface area contributed by atoms with Gasteiger partial charge in [-0.25, -0.2) is 0 Å². The molecule has 0 aliphatic heterocycles. The minimum Gasteiger partial charge on any atom is -0.467 e. The van der Waals surface area contributed by atoms with Gasteiger partial charge in [-0.1, -0.05) is 6.92 Å². The highest BCUT2D eigenvalue weighted by atomic mass is 32.2. The van der Waals surface area contributed by atoms with Crippen LogP contribution in [0.1, 0.15) is 20.3 Å². The molecule has 1 rings (SSSR count). The summed E-state index contributed by atoms with van der Waals surface area (Å²) in [6.07, 6.45) is 3.10. The number of nitrogens with zero attached hydrogens (tertiary/aromatic N) is 3. The first-order chi connectivity index (χ1) is 8.73. The van der Waals surface area contributed by atoms with Gasteiger partial charge in [-0.3, -0.25) is 0 Å². The topological polar surface area (TPSA) is 72.0 Å². The van der Waals surface area contributed by atoms with E-state index in [0.717, 1.165) is 18.7 Å². The zero-order valence-corrected chi connectivity index (χ0v) is 12.2. The average Bonchev–Trinajstić information content (AvgIpc) is 2.38. The predicted molar refractivity (Wildman–Crippen MR) is 76.6 cm³/mol. The van der Waals surface area contributed by atoms with Crippen LogP contribution >= 0.6 is 11.8 Å². The first kappa shape index (κ1) is 14.8. The van der Waals surface area contributed by atoms with E-state index >= 15 is 0 Å². The van der Waals surface area contributed by atoms with Crippen LogP contribution in [0.5, 0.6) is 6.01 Å². The number of aromatic nitrogens is 3. The van der Waals surface area contributed by atoms with Crippen LogP contribution in [0.4, 0.5) is 11.9 Å². The normalized spacial score (nSPS) is 12.0. The summed E-state index contributed by atoms with van der Waals surface area (Å²) in [5.41, 5.74) is 0. The number of methoxy groups -OCH3 is 1. The van der Waals surface area contributed by atoms with E-state index in [1.165, 1.54) is 0 Å². The minimum absolute atomic E-state index is 0.322. The molecule has 0 aliphatic carbocycles. The molecular formula is C11H21N5OS. The summed E-state index contributed by atoms with van der Waals surface area (Å²) in [6, 6.07) is 0.670. The second-order valence-electron chi connectivity index (χ2n) is 3.70. The van der Waals surface area contributed by atoms with Gasteiger partial charge in [-0.15, -0.1) is 0 Å². The van der Waals surface area contributed by atoms with Gasteiger partial charge >= 0.3 is 6.01 Å². The zero-order valence-electron chi connectivity index (χ0n) is 11.4. The third-order valence-corrected chi connectivity index (χ3v) is 3.06. The first-order valence-corrected chi connectivity index (χ1v) is 7.42. The highest BCUT2D eigenvalue weighted by molar-refractivity contribution is 7.98. The van der Waals surface area contributed by atoms with Gasteiger partial charge in [-0.05, 0) is 19.6 Å². The zero-order chi connectivity index (χ0) is 13.4. The van der Waals surface area contributed by atoms with E-state index in [1.54, 1.807) is 18.9 Å². The Morgan fingerprint density at radius 1 is 1.22 bits per heavy atom. The van der Waals surface area contributed by atoms with Gasteiger partial charge in [0, 0.05) is 18.3 Å². The molecule has 0 spiro atoms. The van der Waals surface area contributed by atoms with Gasteiger partial charge in [0.1, 0.15) is 0 Å². The molecule has 0 saturated heterocycles. The molecule has 0 amide bonds. The van der Waals surface area contributed by atoms with Crippen LogP contribution in [-0.2, 0) is 0 Å². The molecule has 1 aromatic heterocycles.